The van der Waals surface area contributed by atoms with Crippen molar-refractivity contribution in [2.45, 2.75) is 6.92 Å². The van der Waals surface area contributed by atoms with Crippen molar-refractivity contribution >= 4 is 0 Å². The second kappa shape index (κ2) is 8.33. The predicted octanol–water partition coefficient (Wildman–Crippen LogP) is 6.85. The van der Waals surface area contributed by atoms with Crippen LogP contribution < -0.4 is 0 Å². The SMILES string of the molecule is Cc1nc(-c2ccccc2)nc(-c2ccc(-c3cccc(-c4ccccc4)c3)cc2)n1. The van der Waals surface area contributed by atoms with Crippen molar-refractivity contribution in [2.24, 2.45) is 0 Å². The largest absolute Gasteiger partial charge is 0.213 e. The van der Waals surface area contributed by atoms with Crippen molar-refractivity contribution in [3.05, 3.63) is 115 Å². The summed E-state index contributed by atoms with van der Waals surface area (Å²) in [6, 6.07) is 37.5. The predicted molar refractivity (Wildman–Crippen MR) is 126 cm³/mol. The highest BCUT2D eigenvalue weighted by Crippen LogP contribution is 2.28. The highest BCUT2D eigenvalue weighted by molar-refractivity contribution is 5.74. The van der Waals surface area contributed by atoms with Crippen molar-refractivity contribution in [3.8, 4) is 45.0 Å². The van der Waals surface area contributed by atoms with Crippen molar-refractivity contribution in [1.82, 2.24) is 15.0 Å². The monoisotopic (exact) mass is 399 g/mol. The van der Waals surface area contributed by atoms with Gasteiger partial charge in [0.25, 0.3) is 0 Å². The van der Waals surface area contributed by atoms with Crippen molar-refractivity contribution in [1.29, 1.82) is 0 Å². The van der Waals surface area contributed by atoms with E-state index in [1.165, 1.54) is 16.7 Å². The maximum atomic E-state index is 4.71. The van der Waals surface area contributed by atoms with E-state index in [1.54, 1.807) is 0 Å². The first kappa shape index (κ1) is 18.9. The van der Waals surface area contributed by atoms with Gasteiger partial charge in [0.05, 0.1) is 0 Å². The average Bonchev–Trinajstić information content (AvgIpc) is 2.85. The van der Waals surface area contributed by atoms with Gasteiger partial charge in [0.1, 0.15) is 5.82 Å². The van der Waals surface area contributed by atoms with E-state index in [4.69, 9.17) is 4.98 Å². The van der Waals surface area contributed by atoms with E-state index in [1.807, 2.05) is 43.3 Å². The summed E-state index contributed by atoms with van der Waals surface area (Å²) in [7, 11) is 0. The molecule has 5 rings (SSSR count). The van der Waals surface area contributed by atoms with Crippen LogP contribution >= 0.6 is 0 Å². The number of nitrogens with zero attached hydrogens (tertiary/aromatic N) is 3. The first-order valence-electron chi connectivity index (χ1n) is 10.3. The zero-order valence-corrected chi connectivity index (χ0v) is 17.2. The van der Waals surface area contributed by atoms with Crippen LogP contribution in [0.3, 0.4) is 0 Å². The minimum Gasteiger partial charge on any atom is -0.213 e. The molecule has 0 aliphatic heterocycles. The molecule has 0 radical (unpaired) electrons. The lowest BCUT2D eigenvalue weighted by atomic mass is 9.98. The van der Waals surface area contributed by atoms with E-state index in [2.05, 4.69) is 82.8 Å². The van der Waals surface area contributed by atoms with Gasteiger partial charge in [0.15, 0.2) is 11.6 Å². The van der Waals surface area contributed by atoms with Gasteiger partial charge >= 0.3 is 0 Å². The summed E-state index contributed by atoms with van der Waals surface area (Å²) in [5.74, 6) is 2.10. The van der Waals surface area contributed by atoms with Crippen LogP contribution in [0.2, 0.25) is 0 Å². The fourth-order valence-electron chi connectivity index (χ4n) is 3.65. The molecule has 1 heterocycles. The molecule has 3 nitrogen and oxygen atoms in total. The minimum absolute atomic E-state index is 0.691. The highest BCUT2D eigenvalue weighted by Gasteiger charge is 2.09. The Hall–Kier alpha value is -4.11. The number of aromatic nitrogens is 3. The molecule has 3 heteroatoms. The van der Waals surface area contributed by atoms with Gasteiger partial charge in [0, 0.05) is 11.1 Å². The standard InChI is InChI=1S/C28H21N3/c1-20-29-27(23-11-6-3-7-12-23)31-28(30-20)24-17-15-22(16-18-24)26-14-8-13-25(19-26)21-9-4-2-5-10-21/h2-19H,1H3. The molecule has 0 unspecified atom stereocenters. The van der Waals surface area contributed by atoms with Crippen LogP contribution in [0, 0.1) is 6.92 Å². The topological polar surface area (TPSA) is 38.7 Å². The Balaban J connectivity index is 1.47. The summed E-state index contributed by atoms with van der Waals surface area (Å²) in [6.45, 7) is 1.90. The van der Waals surface area contributed by atoms with E-state index in [0.717, 1.165) is 16.7 Å². The van der Waals surface area contributed by atoms with Gasteiger partial charge in [-0.3, -0.25) is 0 Å². The molecule has 0 aliphatic rings. The number of hydrogen-bond donors (Lipinski definition) is 0. The molecule has 1 aromatic heterocycles. The zero-order valence-electron chi connectivity index (χ0n) is 17.2. The summed E-state index contributed by atoms with van der Waals surface area (Å²) >= 11 is 0. The molecule has 0 bridgehead atoms. The molecule has 0 aliphatic carbocycles. The smallest absolute Gasteiger partial charge is 0.163 e. The van der Waals surface area contributed by atoms with Crippen LogP contribution in [-0.4, -0.2) is 15.0 Å². The van der Waals surface area contributed by atoms with Gasteiger partial charge in [-0.25, -0.2) is 15.0 Å². The van der Waals surface area contributed by atoms with Gasteiger partial charge in [-0.2, -0.15) is 0 Å². The van der Waals surface area contributed by atoms with Crippen molar-refractivity contribution < 1.29 is 0 Å². The zero-order chi connectivity index (χ0) is 21.0. The van der Waals surface area contributed by atoms with Crippen LogP contribution in [0.15, 0.2) is 109 Å². The Morgan fingerprint density at radius 3 is 1.39 bits per heavy atom. The second-order valence-electron chi connectivity index (χ2n) is 7.42. The fraction of sp³-hybridized carbons (Fsp3) is 0.0357. The normalized spacial score (nSPS) is 10.7. The van der Waals surface area contributed by atoms with Crippen molar-refractivity contribution in [2.75, 3.05) is 0 Å². The van der Waals surface area contributed by atoms with Crippen LogP contribution in [0.5, 0.6) is 0 Å². The number of benzene rings is 4. The first-order valence-corrected chi connectivity index (χ1v) is 10.3. The first-order chi connectivity index (χ1) is 15.3. The van der Waals surface area contributed by atoms with E-state index in [9.17, 15) is 0 Å². The Morgan fingerprint density at radius 2 is 0.806 bits per heavy atom. The van der Waals surface area contributed by atoms with Crippen LogP contribution in [-0.2, 0) is 0 Å². The molecule has 148 valence electrons. The van der Waals surface area contributed by atoms with Crippen molar-refractivity contribution in [3.63, 3.8) is 0 Å². The molecule has 0 fully saturated rings. The van der Waals surface area contributed by atoms with Crippen LogP contribution in [0.4, 0.5) is 0 Å². The molecular formula is C28H21N3. The molecule has 0 N–H and O–H groups in total. The lowest BCUT2D eigenvalue weighted by Crippen LogP contribution is -1.99. The lowest BCUT2D eigenvalue weighted by Gasteiger charge is -2.08. The Bertz CT molecular complexity index is 1310. The van der Waals surface area contributed by atoms with Gasteiger partial charge in [0.2, 0.25) is 0 Å². The molecule has 5 aromatic rings. The minimum atomic E-state index is 0.691. The molecule has 31 heavy (non-hydrogen) atoms. The molecule has 0 spiro atoms. The molecule has 0 saturated heterocycles. The van der Waals surface area contributed by atoms with E-state index < -0.39 is 0 Å². The Kier molecular flexibility index (Phi) is 5.07. The van der Waals surface area contributed by atoms with E-state index in [0.29, 0.717) is 17.5 Å². The third-order valence-electron chi connectivity index (χ3n) is 5.23. The summed E-state index contributed by atoms with van der Waals surface area (Å²) < 4.78 is 0. The molecular weight excluding hydrogens is 378 g/mol. The maximum Gasteiger partial charge on any atom is 0.163 e. The van der Waals surface area contributed by atoms with Gasteiger partial charge < -0.3 is 0 Å². The summed E-state index contributed by atoms with van der Waals surface area (Å²) in [4.78, 5) is 13.8. The molecule has 4 aromatic carbocycles. The fourth-order valence-corrected chi connectivity index (χ4v) is 3.65. The van der Waals surface area contributed by atoms with Gasteiger partial charge in [-0.15, -0.1) is 0 Å². The van der Waals surface area contributed by atoms with Gasteiger partial charge in [-0.1, -0.05) is 103 Å². The second-order valence-corrected chi connectivity index (χ2v) is 7.42. The average molecular weight is 399 g/mol. The highest BCUT2D eigenvalue weighted by atomic mass is 15.0. The van der Waals surface area contributed by atoms with Gasteiger partial charge in [-0.05, 0) is 35.2 Å². The third kappa shape index (κ3) is 4.12. The molecule has 0 saturated carbocycles. The lowest BCUT2D eigenvalue weighted by molar-refractivity contribution is 0.992. The van der Waals surface area contributed by atoms with Crippen LogP contribution in [0.25, 0.3) is 45.0 Å². The van der Waals surface area contributed by atoms with E-state index >= 15 is 0 Å². The Morgan fingerprint density at radius 1 is 0.387 bits per heavy atom. The molecule has 0 amide bonds. The molecule has 0 atom stereocenters. The summed E-state index contributed by atoms with van der Waals surface area (Å²) in [6.07, 6.45) is 0. The summed E-state index contributed by atoms with van der Waals surface area (Å²) in [5, 5.41) is 0. The number of hydrogen-bond acceptors (Lipinski definition) is 3. The number of rotatable bonds is 4. The third-order valence-corrected chi connectivity index (χ3v) is 5.23. The number of aryl methyl sites for hydroxylation is 1. The van der Waals surface area contributed by atoms with E-state index in [-0.39, 0.29) is 0 Å². The Labute approximate surface area is 182 Å². The maximum absolute atomic E-state index is 4.71. The quantitative estimate of drug-likeness (QED) is 0.332. The summed E-state index contributed by atoms with van der Waals surface area (Å²) in [5.41, 5.74) is 6.74. The van der Waals surface area contributed by atoms with Crippen LogP contribution in [0.1, 0.15) is 5.82 Å².